The van der Waals surface area contributed by atoms with Crippen LogP contribution in [0.4, 0.5) is 13.2 Å². The molecule has 1 aliphatic heterocycles. The first-order valence-electron chi connectivity index (χ1n) is 6.08. The fourth-order valence-electron chi connectivity index (χ4n) is 2.18. The van der Waals surface area contributed by atoms with Gasteiger partial charge < -0.3 is 4.74 Å². The zero-order valence-corrected chi connectivity index (χ0v) is 10.8. The van der Waals surface area contributed by atoms with E-state index in [1.54, 1.807) is 12.1 Å². The monoisotopic (exact) mass is 272 g/mol. The Hall–Kier alpha value is -1.52. The zero-order valence-electron chi connectivity index (χ0n) is 10.8. The molecule has 0 bridgehead atoms. The lowest BCUT2D eigenvalue weighted by atomic mass is 9.98. The lowest BCUT2D eigenvalue weighted by Crippen LogP contribution is -2.24. The summed E-state index contributed by atoms with van der Waals surface area (Å²) in [6.45, 7) is 3.86. The number of halogens is 3. The highest BCUT2D eigenvalue weighted by Crippen LogP contribution is 2.35. The molecule has 1 aromatic rings. The van der Waals surface area contributed by atoms with Gasteiger partial charge in [0.15, 0.2) is 5.78 Å². The Balaban J connectivity index is 2.10. The maximum atomic E-state index is 12.1. The van der Waals surface area contributed by atoms with Gasteiger partial charge in [-0.15, -0.1) is 0 Å². The number of ether oxygens (including phenoxy) is 1. The Labute approximate surface area is 109 Å². The van der Waals surface area contributed by atoms with E-state index in [0.29, 0.717) is 17.7 Å². The molecule has 0 spiro atoms. The third-order valence-electron chi connectivity index (χ3n) is 3.02. The Morgan fingerprint density at radius 3 is 2.68 bits per heavy atom. The van der Waals surface area contributed by atoms with E-state index in [0.717, 1.165) is 5.56 Å². The molecule has 0 amide bonds. The molecule has 2 nitrogen and oxygen atoms in total. The SMILES string of the molecule is CC1(C)Cc2cc(C(=O)CCC(F)(F)F)ccc2O1. The summed E-state index contributed by atoms with van der Waals surface area (Å²) in [5.41, 5.74) is 0.878. The molecule has 5 heteroatoms. The number of Topliss-reactive ketones (excluding diaryl/α,β-unsaturated/α-hetero) is 1. The van der Waals surface area contributed by atoms with E-state index in [1.807, 2.05) is 13.8 Å². The van der Waals surface area contributed by atoms with Crippen molar-refractivity contribution in [2.24, 2.45) is 0 Å². The molecule has 1 aliphatic rings. The van der Waals surface area contributed by atoms with Crippen molar-refractivity contribution in [3.63, 3.8) is 0 Å². The van der Waals surface area contributed by atoms with Crippen molar-refractivity contribution < 1.29 is 22.7 Å². The number of carbonyl (C=O) groups is 1. The van der Waals surface area contributed by atoms with Gasteiger partial charge in [-0.05, 0) is 37.6 Å². The number of rotatable bonds is 3. The second kappa shape index (κ2) is 4.54. The molecule has 19 heavy (non-hydrogen) atoms. The van der Waals surface area contributed by atoms with Crippen molar-refractivity contribution in [2.45, 2.75) is 44.9 Å². The molecule has 0 radical (unpaired) electrons. The molecule has 0 fully saturated rings. The summed E-state index contributed by atoms with van der Waals surface area (Å²) in [7, 11) is 0. The molecule has 1 heterocycles. The lowest BCUT2D eigenvalue weighted by molar-refractivity contribution is -0.133. The van der Waals surface area contributed by atoms with Gasteiger partial charge in [0.1, 0.15) is 11.4 Å². The van der Waals surface area contributed by atoms with E-state index in [1.165, 1.54) is 6.07 Å². The predicted molar refractivity (Wildman–Crippen MR) is 64.5 cm³/mol. The van der Waals surface area contributed by atoms with Crippen molar-refractivity contribution in [3.8, 4) is 5.75 Å². The molecule has 0 saturated carbocycles. The Kier molecular flexibility index (Phi) is 3.32. The van der Waals surface area contributed by atoms with E-state index < -0.39 is 24.8 Å². The number of alkyl halides is 3. The van der Waals surface area contributed by atoms with Gasteiger partial charge in [0.05, 0.1) is 6.42 Å². The second-order valence-electron chi connectivity index (χ2n) is 5.40. The van der Waals surface area contributed by atoms with Crippen LogP contribution in [0, 0.1) is 0 Å². The van der Waals surface area contributed by atoms with Crippen LogP contribution in [0.15, 0.2) is 18.2 Å². The third kappa shape index (κ3) is 3.49. The molecule has 104 valence electrons. The van der Waals surface area contributed by atoms with Crippen LogP contribution in [-0.4, -0.2) is 17.6 Å². The van der Waals surface area contributed by atoms with Crippen molar-refractivity contribution in [1.82, 2.24) is 0 Å². The average molecular weight is 272 g/mol. The van der Waals surface area contributed by atoms with Crippen molar-refractivity contribution >= 4 is 5.78 Å². The van der Waals surface area contributed by atoms with Crippen molar-refractivity contribution in [1.29, 1.82) is 0 Å². The number of hydrogen-bond donors (Lipinski definition) is 0. The first-order chi connectivity index (χ1) is 8.66. The molecule has 0 atom stereocenters. The summed E-state index contributed by atoms with van der Waals surface area (Å²) in [6.07, 6.45) is -5.22. The predicted octanol–water partition coefficient (Wildman–Crippen LogP) is 3.93. The third-order valence-corrected chi connectivity index (χ3v) is 3.02. The smallest absolute Gasteiger partial charge is 0.389 e. The maximum Gasteiger partial charge on any atom is 0.389 e. The second-order valence-corrected chi connectivity index (χ2v) is 5.40. The van der Waals surface area contributed by atoms with E-state index >= 15 is 0 Å². The summed E-state index contributed by atoms with van der Waals surface area (Å²) in [5.74, 6) is 0.224. The molecule has 2 rings (SSSR count). The summed E-state index contributed by atoms with van der Waals surface area (Å²) in [6, 6.07) is 4.83. The molecular weight excluding hydrogens is 257 g/mol. The van der Waals surface area contributed by atoms with E-state index in [2.05, 4.69) is 0 Å². The highest BCUT2D eigenvalue weighted by molar-refractivity contribution is 5.96. The van der Waals surface area contributed by atoms with Crippen LogP contribution < -0.4 is 4.74 Å². The summed E-state index contributed by atoms with van der Waals surface area (Å²) < 4.78 is 41.9. The molecule has 0 unspecified atom stereocenters. The number of carbonyl (C=O) groups excluding carboxylic acids is 1. The van der Waals surface area contributed by atoms with Gasteiger partial charge in [-0.2, -0.15) is 13.2 Å². The Morgan fingerprint density at radius 2 is 2.05 bits per heavy atom. The fraction of sp³-hybridized carbons (Fsp3) is 0.500. The van der Waals surface area contributed by atoms with Gasteiger partial charge in [0.25, 0.3) is 0 Å². The van der Waals surface area contributed by atoms with E-state index in [4.69, 9.17) is 4.74 Å². The number of benzene rings is 1. The first kappa shape index (κ1) is 13.9. The molecule has 1 aromatic carbocycles. The summed E-state index contributed by atoms with van der Waals surface area (Å²) in [5, 5.41) is 0. The van der Waals surface area contributed by atoms with Crippen LogP contribution in [0.2, 0.25) is 0 Å². The zero-order chi connectivity index (χ0) is 14.3. The Bertz CT molecular complexity index is 504. The number of hydrogen-bond acceptors (Lipinski definition) is 2. The van der Waals surface area contributed by atoms with Gasteiger partial charge >= 0.3 is 6.18 Å². The van der Waals surface area contributed by atoms with Gasteiger partial charge in [0.2, 0.25) is 0 Å². The van der Waals surface area contributed by atoms with Crippen LogP contribution in [0.25, 0.3) is 0 Å². The van der Waals surface area contributed by atoms with Crippen LogP contribution in [0.3, 0.4) is 0 Å². The average Bonchev–Trinajstić information content (AvgIpc) is 2.57. The van der Waals surface area contributed by atoms with Gasteiger partial charge in [-0.1, -0.05) is 0 Å². The fourth-order valence-corrected chi connectivity index (χ4v) is 2.18. The summed E-state index contributed by atoms with van der Waals surface area (Å²) in [4.78, 5) is 11.7. The lowest BCUT2D eigenvalue weighted by Gasteiger charge is -2.16. The van der Waals surface area contributed by atoms with Gasteiger partial charge in [0, 0.05) is 18.4 Å². The number of ketones is 1. The molecule has 0 N–H and O–H groups in total. The first-order valence-corrected chi connectivity index (χ1v) is 6.08. The van der Waals surface area contributed by atoms with Crippen LogP contribution in [0.1, 0.15) is 42.6 Å². The maximum absolute atomic E-state index is 12.1. The minimum Gasteiger partial charge on any atom is -0.487 e. The van der Waals surface area contributed by atoms with E-state index in [-0.39, 0.29) is 5.60 Å². The largest absolute Gasteiger partial charge is 0.487 e. The standard InChI is InChI=1S/C14H15F3O2/c1-13(2)8-10-7-9(3-4-12(10)19-13)11(18)5-6-14(15,16)17/h3-4,7H,5-6,8H2,1-2H3. The highest BCUT2D eigenvalue weighted by Gasteiger charge is 2.31. The molecule has 0 aromatic heterocycles. The van der Waals surface area contributed by atoms with Crippen molar-refractivity contribution in [3.05, 3.63) is 29.3 Å². The quantitative estimate of drug-likeness (QED) is 0.779. The van der Waals surface area contributed by atoms with Crippen LogP contribution in [-0.2, 0) is 6.42 Å². The molecule has 0 aliphatic carbocycles. The van der Waals surface area contributed by atoms with E-state index in [9.17, 15) is 18.0 Å². The minimum atomic E-state index is -4.29. The molecule has 0 saturated heterocycles. The highest BCUT2D eigenvalue weighted by atomic mass is 19.4. The summed E-state index contributed by atoms with van der Waals surface area (Å²) >= 11 is 0. The van der Waals surface area contributed by atoms with Gasteiger partial charge in [-0.25, -0.2) is 0 Å². The van der Waals surface area contributed by atoms with Crippen LogP contribution in [0.5, 0.6) is 5.75 Å². The van der Waals surface area contributed by atoms with Crippen LogP contribution >= 0.6 is 0 Å². The molecular formula is C14H15F3O2. The topological polar surface area (TPSA) is 26.3 Å². The normalized spacial score (nSPS) is 16.9. The van der Waals surface area contributed by atoms with Gasteiger partial charge in [-0.3, -0.25) is 4.79 Å². The van der Waals surface area contributed by atoms with Crippen molar-refractivity contribution in [2.75, 3.05) is 0 Å². The number of fused-ring (bicyclic) bond motifs is 1. The Morgan fingerprint density at radius 1 is 1.37 bits per heavy atom. The minimum absolute atomic E-state index is 0.323.